The number of hydrogen-bond acceptors (Lipinski definition) is 3. The third-order valence-corrected chi connectivity index (χ3v) is 2.69. The molecule has 14 heavy (non-hydrogen) atoms. The Morgan fingerprint density at radius 1 is 1.43 bits per heavy atom. The number of allylic oxidation sites excluding steroid dienone is 1. The molecule has 0 spiro atoms. The van der Waals surface area contributed by atoms with Gasteiger partial charge >= 0.3 is 0 Å². The van der Waals surface area contributed by atoms with Gasteiger partial charge in [0.05, 0.1) is 26.9 Å². The molecule has 0 aromatic rings. The summed E-state index contributed by atoms with van der Waals surface area (Å²) in [5, 5.41) is 0. The lowest BCUT2D eigenvalue weighted by Gasteiger charge is -2.26. The number of ether oxygens (including phenoxy) is 2. The van der Waals surface area contributed by atoms with E-state index in [0.717, 1.165) is 31.0 Å². The van der Waals surface area contributed by atoms with Gasteiger partial charge in [-0.05, 0) is 24.5 Å². The lowest BCUT2D eigenvalue weighted by Crippen LogP contribution is -2.24. The normalized spacial score (nSPS) is 24.7. The van der Waals surface area contributed by atoms with E-state index in [0.29, 0.717) is 6.61 Å². The van der Waals surface area contributed by atoms with Gasteiger partial charge in [-0.1, -0.05) is 6.08 Å². The molecule has 2 aliphatic heterocycles. The van der Waals surface area contributed by atoms with E-state index in [2.05, 4.69) is 18.0 Å². The van der Waals surface area contributed by atoms with Crippen LogP contribution in [0.2, 0.25) is 0 Å². The van der Waals surface area contributed by atoms with Gasteiger partial charge in [-0.2, -0.15) is 0 Å². The molecule has 0 amide bonds. The maximum Gasteiger partial charge on any atom is 0.214 e. The smallest absolute Gasteiger partial charge is 0.214 e. The van der Waals surface area contributed by atoms with Crippen LogP contribution in [0.1, 0.15) is 13.3 Å². The molecule has 3 heteroatoms. The molecule has 0 radical (unpaired) electrons. The topological polar surface area (TPSA) is 30.8 Å². The van der Waals surface area contributed by atoms with Gasteiger partial charge in [0.15, 0.2) is 0 Å². The van der Waals surface area contributed by atoms with Gasteiger partial charge < -0.3 is 9.47 Å². The molecule has 0 unspecified atom stereocenters. The summed E-state index contributed by atoms with van der Waals surface area (Å²) in [5.41, 5.74) is 3.84. The summed E-state index contributed by atoms with van der Waals surface area (Å²) in [6.45, 7) is 4.26. The molecule has 0 N–H and O–H groups in total. The number of dihydropyridines is 1. The second-order valence-corrected chi connectivity index (χ2v) is 3.40. The zero-order valence-electron chi connectivity index (χ0n) is 8.67. The van der Waals surface area contributed by atoms with Gasteiger partial charge in [-0.25, -0.2) is 4.99 Å². The Balaban J connectivity index is 2.39. The summed E-state index contributed by atoms with van der Waals surface area (Å²) in [5.74, 6) is 0.755. The van der Waals surface area contributed by atoms with Crippen LogP contribution in [0, 0.1) is 0 Å². The van der Waals surface area contributed by atoms with E-state index in [1.54, 1.807) is 7.11 Å². The predicted octanol–water partition coefficient (Wildman–Crippen LogP) is 1.71. The first-order valence-electron chi connectivity index (χ1n) is 4.91. The highest BCUT2D eigenvalue weighted by Gasteiger charge is 2.24. The highest BCUT2D eigenvalue weighted by Crippen LogP contribution is 2.28. The Morgan fingerprint density at radius 2 is 2.29 bits per heavy atom. The maximum absolute atomic E-state index is 5.42. The Labute approximate surface area is 84.1 Å². The number of nitrogens with zero attached hydrogens (tertiary/aromatic N) is 1. The second-order valence-electron chi connectivity index (χ2n) is 3.40. The van der Waals surface area contributed by atoms with Gasteiger partial charge in [-0.15, -0.1) is 0 Å². The molecule has 0 atom stereocenters. The van der Waals surface area contributed by atoms with Gasteiger partial charge in [0.1, 0.15) is 0 Å². The molecule has 3 nitrogen and oxygen atoms in total. The summed E-state index contributed by atoms with van der Waals surface area (Å²) >= 11 is 0. The van der Waals surface area contributed by atoms with Crippen LogP contribution in [0.15, 0.2) is 27.8 Å². The van der Waals surface area contributed by atoms with E-state index >= 15 is 0 Å². The molecule has 0 saturated heterocycles. The number of hydrogen-bond donors (Lipinski definition) is 0. The molecule has 0 fully saturated rings. The van der Waals surface area contributed by atoms with E-state index in [1.165, 1.54) is 11.1 Å². The number of rotatable bonds is 0. The largest absolute Gasteiger partial charge is 0.481 e. The van der Waals surface area contributed by atoms with Crippen molar-refractivity contribution in [3.63, 3.8) is 0 Å². The minimum Gasteiger partial charge on any atom is -0.481 e. The summed E-state index contributed by atoms with van der Waals surface area (Å²) < 4.78 is 10.7. The fraction of sp³-hybridized carbons (Fsp3) is 0.545. The van der Waals surface area contributed by atoms with Gasteiger partial charge in [0, 0.05) is 5.57 Å². The van der Waals surface area contributed by atoms with Crippen molar-refractivity contribution in [3.05, 3.63) is 22.8 Å². The molecule has 0 saturated carbocycles. The summed E-state index contributed by atoms with van der Waals surface area (Å²) in [4.78, 5) is 4.37. The fourth-order valence-corrected chi connectivity index (χ4v) is 1.93. The van der Waals surface area contributed by atoms with Crippen molar-refractivity contribution >= 4 is 5.90 Å². The van der Waals surface area contributed by atoms with Crippen molar-refractivity contribution < 1.29 is 9.47 Å². The molecule has 0 bridgehead atoms. The lowest BCUT2D eigenvalue weighted by molar-refractivity contribution is 0.148. The molecule has 2 aliphatic rings. The molecular formula is C11H15NO2. The van der Waals surface area contributed by atoms with Crippen molar-refractivity contribution in [1.82, 2.24) is 0 Å². The highest BCUT2D eigenvalue weighted by molar-refractivity contribution is 5.96. The second kappa shape index (κ2) is 3.96. The summed E-state index contributed by atoms with van der Waals surface area (Å²) in [6, 6.07) is 0. The average molecular weight is 193 g/mol. The Hall–Kier alpha value is -1.09. The quantitative estimate of drug-likeness (QED) is 0.586. The van der Waals surface area contributed by atoms with Gasteiger partial charge in [0.25, 0.3) is 0 Å². The van der Waals surface area contributed by atoms with Crippen LogP contribution in [-0.4, -0.2) is 32.8 Å². The highest BCUT2D eigenvalue weighted by atomic mass is 16.5. The van der Waals surface area contributed by atoms with Crippen molar-refractivity contribution in [2.75, 3.05) is 26.9 Å². The summed E-state index contributed by atoms with van der Waals surface area (Å²) in [6.07, 6.45) is 3.12. The standard InChI is InChI=1S/C11H15NO2/c1-3-8-6-12-11(13-2)10-7-14-5-4-9(8)10/h3H,4-7H2,1-2H3. The fourth-order valence-electron chi connectivity index (χ4n) is 1.93. The number of aliphatic imine (C=N–C) groups is 1. The minimum atomic E-state index is 0.638. The van der Waals surface area contributed by atoms with E-state index in [-0.39, 0.29) is 0 Å². The zero-order chi connectivity index (χ0) is 9.97. The van der Waals surface area contributed by atoms with Crippen LogP contribution in [0.4, 0.5) is 0 Å². The molecule has 2 heterocycles. The monoisotopic (exact) mass is 193 g/mol. The van der Waals surface area contributed by atoms with Crippen molar-refractivity contribution in [2.45, 2.75) is 13.3 Å². The van der Waals surface area contributed by atoms with Crippen LogP contribution < -0.4 is 0 Å². The molecule has 2 rings (SSSR count). The SMILES string of the molecule is CC=C1CN=C(OC)C2=C1CCOC2. The molecular weight excluding hydrogens is 178 g/mol. The van der Waals surface area contributed by atoms with Crippen LogP contribution in [0.25, 0.3) is 0 Å². The minimum absolute atomic E-state index is 0.638. The van der Waals surface area contributed by atoms with Crippen molar-refractivity contribution in [3.8, 4) is 0 Å². The molecule has 0 aliphatic carbocycles. The summed E-state index contributed by atoms with van der Waals surface area (Å²) in [7, 11) is 1.67. The first-order chi connectivity index (χ1) is 6.86. The Morgan fingerprint density at radius 3 is 3.00 bits per heavy atom. The van der Waals surface area contributed by atoms with Crippen LogP contribution in [0.5, 0.6) is 0 Å². The van der Waals surface area contributed by atoms with E-state index in [4.69, 9.17) is 9.47 Å². The Bertz CT molecular complexity index is 326. The molecule has 0 aromatic carbocycles. The third-order valence-electron chi connectivity index (χ3n) is 2.69. The van der Waals surface area contributed by atoms with E-state index in [1.807, 2.05) is 0 Å². The first kappa shape index (κ1) is 9.46. The zero-order valence-corrected chi connectivity index (χ0v) is 8.67. The van der Waals surface area contributed by atoms with Crippen LogP contribution in [-0.2, 0) is 9.47 Å². The van der Waals surface area contributed by atoms with Crippen LogP contribution >= 0.6 is 0 Å². The van der Waals surface area contributed by atoms with E-state index in [9.17, 15) is 0 Å². The maximum atomic E-state index is 5.42. The predicted molar refractivity (Wildman–Crippen MR) is 55.5 cm³/mol. The molecule has 0 aromatic heterocycles. The Kier molecular flexibility index (Phi) is 2.68. The average Bonchev–Trinajstić information content (AvgIpc) is 2.27. The van der Waals surface area contributed by atoms with Gasteiger partial charge in [0.2, 0.25) is 5.90 Å². The molecule has 76 valence electrons. The number of methoxy groups -OCH3 is 1. The van der Waals surface area contributed by atoms with Crippen LogP contribution in [0.3, 0.4) is 0 Å². The van der Waals surface area contributed by atoms with E-state index < -0.39 is 0 Å². The van der Waals surface area contributed by atoms with Crippen molar-refractivity contribution in [2.24, 2.45) is 4.99 Å². The first-order valence-corrected chi connectivity index (χ1v) is 4.91. The van der Waals surface area contributed by atoms with Crippen molar-refractivity contribution in [1.29, 1.82) is 0 Å². The lowest BCUT2D eigenvalue weighted by atomic mass is 9.93. The third kappa shape index (κ3) is 1.48. The van der Waals surface area contributed by atoms with Gasteiger partial charge in [-0.3, -0.25) is 0 Å².